The van der Waals surface area contributed by atoms with E-state index in [0.717, 1.165) is 29.5 Å². The van der Waals surface area contributed by atoms with Crippen LogP contribution in [0.25, 0.3) is 0 Å². The largest absolute Gasteiger partial charge is 0.493 e. The Morgan fingerprint density at radius 2 is 1.71 bits per heavy atom. The van der Waals surface area contributed by atoms with Crippen LogP contribution in [0.15, 0.2) is 47.5 Å². The first-order valence-corrected chi connectivity index (χ1v) is 10.4. The first kappa shape index (κ1) is 22.6. The molecular formula is C22H28ClN5O3. The van der Waals surface area contributed by atoms with E-state index in [1.54, 1.807) is 27.3 Å². The number of halogens is 1. The third kappa shape index (κ3) is 5.95. The summed E-state index contributed by atoms with van der Waals surface area (Å²) in [5.74, 6) is 1.79. The van der Waals surface area contributed by atoms with E-state index >= 15 is 0 Å². The van der Waals surface area contributed by atoms with Gasteiger partial charge >= 0.3 is 0 Å². The summed E-state index contributed by atoms with van der Waals surface area (Å²) in [6.45, 7) is 3.07. The molecule has 0 spiro atoms. The van der Waals surface area contributed by atoms with Crippen LogP contribution in [-0.4, -0.2) is 70.8 Å². The quantitative estimate of drug-likeness (QED) is 0.526. The number of carbonyl (C=O) groups excluding carboxylic acids is 1. The highest BCUT2D eigenvalue weighted by Gasteiger charge is 2.21. The van der Waals surface area contributed by atoms with Crippen molar-refractivity contribution < 1.29 is 14.3 Å². The van der Waals surface area contributed by atoms with Crippen molar-refractivity contribution >= 4 is 34.8 Å². The molecule has 8 nitrogen and oxygen atoms in total. The first-order valence-electron chi connectivity index (χ1n) is 10.0. The molecule has 31 heavy (non-hydrogen) atoms. The third-order valence-corrected chi connectivity index (χ3v) is 5.35. The zero-order valence-electron chi connectivity index (χ0n) is 18.0. The number of nitrogens with one attached hydrogen (secondary N) is 2. The first-order chi connectivity index (χ1) is 15.0. The summed E-state index contributed by atoms with van der Waals surface area (Å²) in [5.41, 5.74) is 1.89. The average molecular weight is 446 g/mol. The maximum atomic E-state index is 12.7. The lowest BCUT2D eigenvalue weighted by atomic mass is 10.2. The second-order valence-corrected chi connectivity index (χ2v) is 7.40. The number of nitrogens with zero attached hydrogens (tertiary/aromatic N) is 3. The van der Waals surface area contributed by atoms with E-state index in [4.69, 9.17) is 21.1 Å². The molecule has 0 bridgehead atoms. The van der Waals surface area contributed by atoms with E-state index in [1.165, 1.54) is 0 Å². The zero-order chi connectivity index (χ0) is 22.2. The Kier molecular flexibility index (Phi) is 7.83. The van der Waals surface area contributed by atoms with Gasteiger partial charge in [-0.3, -0.25) is 9.79 Å². The maximum Gasteiger partial charge on any atom is 0.242 e. The monoisotopic (exact) mass is 445 g/mol. The minimum Gasteiger partial charge on any atom is -0.493 e. The van der Waals surface area contributed by atoms with Crippen molar-refractivity contribution in [2.45, 2.75) is 0 Å². The van der Waals surface area contributed by atoms with E-state index < -0.39 is 0 Å². The average Bonchev–Trinajstić information content (AvgIpc) is 2.82. The number of hydrogen-bond donors (Lipinski definition) is 2. The number of benzene rings is 2. The van der Waals surface area contributed by atoms with Crippen molar-refractivity contribution in [3.8, 4) is 11.5 Å². The number of piperazine rings is 1. The Morgan fingerprint density at radius 3 is 2.32 bits per heavy atom. The minimum absolute atomic E-state index is 0.0333. The second kappa shape index (κ2) is 10.8. The summed E-state index contributed by atoms with van der Waals surface area (Å²) < 4.78 is 10.6. The molecule has 0 aliphatic carbocycles. The third-order valence-electron chi connectivity index (χ3n) is 5.10. The van der Waals surface area contributed by atoms with Gasteiger partial charge in [0.05, 0.1) is 20.8 Å². The summed E-state index contributed by atoms with van der Waals surface area (Å²) >= 11 is 5.96. The van der Waals surface area contributed by atoms with Gasteiger partial charge in [-0.25, -0.2) is 0 Å². The Labute approximate surface area is 187 Å². The standard InChI is InChI=1S/C22H28ClN5O3/c1-24-22(26-17-6-9-19(30-2)20(14-17)31-3)25-15-21(29)28-12-10-27(11-13-28)18-7-4-16(23)5-8-18/h4-9,14H,10-13,15H2,1-3H3,(H2,24,25,26). The highest BCUT2D eigenvalue weighted by molar-refractivity contribution is 6.30. The van der Waals surface area contributed by atoms with Crippen LogP contribution in [0, 0.1) is 0 Å². The predicted molar refractivity (Wildman–Crippen MR) is 125 cm³/mol. The summed E-state index contributed by atoms with van der Waals surface area (Å²) in [6.07, 6.45) is 0. The van der Waals surface area contributed by atoms with Crippen LogP contribution < -0.4 is 25.0 Å². The molecule has 1 heterocycles. The molecule has 166 valence electrons. The lowest BCUT2D eigenvalue weighted by molar-refractivity contribution is -0.130. The SMILES string of the molecule is CN=C(NCC(=O)N1CCN(c2ccc(Cl)cc2)CC1)Nc1ccc(OC)c(OC)c1. The molecule has 0 saturated carbocycles. The lowest BCUT2D eigenvalue weighted by Crippen LogP contribution is -2.51. The van der Waals surface area contributed by atoms with E-state index in [0.29, 0.717) is 30.5 Å². The van der Waals surface area contributed by atoms with E-state index in [2.05, 4.69) is 20.5 Å². The van der Waals surface area contributed by atoms with Gasteiger partial charge in [-0.1, -0.05) is 11.6 Å². The molecule has 0 atom stereocenters. The number of aliphatic imine (C=N–C) groups is 1. The van der Waals surface area contributed by atoms with Gasteiger partial charge in [0, 0.05) is 55.7 Å². The number of methoxy groups -OCH3 is 2. The molecular weight excluding hydrogens is 418 g/mol. The van der Waals surface area contributed by atoms with Gasteiger partial charge in [0.25, 0.3) is 0 Å². The van der Waals surface area contributed by atoms with Crippen LogP contribution >= 0.6 is 11.6 Å². The molecule has 2 N–H and O–H groups in total. The molecule has 1 aliphatic rings. The smallest absolute Gasteiger partial charge is 0.242 e. The predicted octanol–water partition coefficient (Wildman–Crippen LogP) is 2.69. The Bertz CT molecular complexity index is 912. The number of hydrogen-bond acceptors (Lipinski definition) is 5. The molecule has 0 unspecified atom stereocenters. The highest BCUT2D eigenvalue weighted by atomic mass is 35.5. The summed E-state index contributed by atoms with van der Waals surface area (Å²) in [4.78, 5) is 21.0. The van der Waals surface area contributed by atoms with Crippen molar-refractivity contribution in [2.24, 2.45) is 4.99 Å². The number of carbonyl (C=O) groups is 1. The molecule has 2 aromatic carbocycles. The normalized spacial score (nSPS) is 14.3. The van der Waals surface area contributed by atoms with Crippen LogP contribution in [0.5, 0.6) is 11.5 Å². The highest BCUT2D eigenvalue weighted by Crippen LogP contribution is 2.29. The van der Waals surface area contributed by atoms with E-state index in [9.17, 15) is 4.79 Å². The van der Waals surface area contributed by atoms with Gasteiger partial charge in [-0.2, -0.15) is 0 Å². The number of anilines is 2. The summed E-state index contributed by atoms with van der Waals surface area (Å²) in [7, 11) is 4.83. The van der Waals surface area contributed by atoms with Crippen LogP contribution in [0.1, 0.15) is 0 Å². The van der Waals surface area contributed by atoms with E-state index in [-0.39, 0.29) is 12.5 Å². The van der Waals surface area contributed by atoms with Crippen molar-refractivity contribution in [2.75, 3.05) is 64.2 Å². The van der Waals surface area contributed by atoms with Crippen molar-refractivity contribution in [3.63, 3.8) is 0 Å². The van der Waals surface area contributed by atoms with Gasteiger partial charge in [0.15, 0.2) is 17.5 Å². The molecule has 0 radical (unpaired) electrons. The molecule has 3 rings (SSSR count). The molecule has 1 amide bonds. The Hall–Kier alpha value is -3.13. The Balaban J connectivity index is 1.49. The van der Waals surface area contributed by atoms with Crippen LogP contribution in [0.3, 0.4) is 0 Å². The molecule has 0 aromatic heterocycles. The fourth-order valence-electron chi connectivity index (χ4n) is 3.37. The topological polar surface area (TPSA) is 78.4 Å². The fraction of sp³-hybridized carbons (Fsp3) is 0.364. The lowest BCUT2D eigenvalue weighted by Gasteiger charge is -2.36. The molecule has 2 aromatic rings. The maximum absolute atomic E-state index is 12.7. The number of guanidine groups is 1. The van der Waals surface area contributed by atoms with Crippen molar-refractivity contribution in [1.29, 1.82) is 0 Å². The second-order valence-electron chi connectivity index (χ2n) is 6.96. The van der Waals surface area contributed by atoms with Gasteiger partial charge in [-0.15, -0.1) is 0 Å². The summed E-state index contributed by atoms with van der Waals surface area (Å²) in [6, 6.07) is 13.2. The van der Waals surface area contributed by atoms with Crippen LogP contribution in [-0.2, 0) is 4.79 Å². The Morgan fingerprint density at radius 1 is 1.03 bits per heavy atom. The molecule has 9 heteroatoms. The van der Waals surface area contributed by atoms with Gasteiger partial charge < -0.3 is 29.9 Å². The summed E-state index contributed by atoms with van der Waals surface area (Å²) in [5, 5.41) is 6.96. The van der Waals surface area contributed by atoms with Crippen molar-refractivity contribution in [1.82, 2.24) is 10.2 Å². The van der Waals surface area contributed by atoms with Gasteiger partial charge in [-0.05, 0) is 36.4 Å². The molecule has 1 fully saturated rings. The van der Waals surface area contributed by atoms with Crippen LogP contribution in [0.2, 0.25) is 5.02 Å². The number of ether oxygens (including phenoxy) is 2. The van der Waals surface area contributed by atoms with E-state index in [1.807, 2.05) is 41.3 Å². The van der Waals surface area contributed by atoms with Crippen molar-refractivity contribution in [3.05, 3.63) is 47.5 Å². The number of amides is 1. The zero-order valence-corrected chi connectivity index (χ0v) is 18.8. The van der Waals surface area contributed by atoms with Gasteiger partial charge in [0.2, 0.25) is 5.91 Å². The van der Waals surface area contributed by atoms with Gasteiger partial charge in [0.1, 0.15) is 0 Å². The molecule has 1 aliphatic heterocycles. The fourth-order valence-corrected chi connectivity index (χ4v) is 3.49. The number of rotatable bonds is 6. The molecule has 1 saturated heterocycles. The minimum atomic E-state index is 0.0333. The van der Waals surface area contributed by atoms with Crippen LogP contribution in [0.4, 0.5) is 11.4 Å².